The lowest BCUT2D eigenvalue weighted by Gasteiger charge is -2.06. The molecular formula is C13H19N3O3S. The van der Waals surface area contributed by atoms with E-state index in [0.717, 1.165) is 5.56 Å². The van der Waals surface area contributed by atoms with Crippen molar-refractivity contribution in [1.82, 2.24) is 10.6 Å². The van der Waals surface area contributed by atoms with Gasteiger partial charge >= 0.3 is 0 Å². The van der Waals surface area contributed by atoms with E-state index in [9.17, 15) is 13.2 Å². The van der Waals surface area contributed by atoms with Crippen molar-refractivity contribution in [3.63, 3.8) is 0 Å². The van der Waals surface area contributed by atoms with Crippen molar-refractivity contribution in [2.45, 2.75) is 11.3 Å². The fourth-order valence-electron chi connectivity index (χ4n) is 1.53. The van der Waals surface area contributed by atoms with Crippen LogP contribution in [0.4, 0.5) is 0 Å². The molecule has 0 aromatic heterocycles. The summed E-state index contributed by atoms with van der Waals surface area (Å²) in [5.41, 5.74) is 0.969. The molecule has 0 radical (unpaired) electrons. The molecule has 0 aliphatic heterocycles. The number of rotatable bonds is 8. The monoisotopic (exact) mass is 297 g/mol. The molecule has 1 aromatic carbocycles. The average Bonchev–Trinajstić information content (AvgIpc) is 2.41. The van der Waals surface area contributed by atoms with E-state index < -0.39 is 10.0 Å². The summed E-state index contributed by atoms with van der Waals surface area (Å²) in [5, 5.41) is 10.7. The van der Waals surface area contributed by atoms with Crippen molar-refractivity contribution in [3.8, 4) is 0 Å². The molecular weight excluding hydrogens is 278 g/mol. The fraction of sp³-hybridized carbons (Fsp3) is 0.308. The Labute approximate surface area is 119 Å². The lowest BCUT2D eigenvalue weighted by Crippen LogP contribution is -2.34. The zero-order valence-electron chi connectivity index (χ0n) is 11.1. The average molecular weight is 297 g/mol. The Morgan fingerprint density at radius 3 is 2.50 bits per heavy atom. The second kappa shape index (κ2) is 7.78. The highest BCUT2D eigenvalue weighted by Crippen LogP contribution is 2.08. The van der Waals surface area contributed by atoms with Gasteiger partial charge in [0.2, 0.25) is 15.9 Å². The minimum absolute atomic E-state index is 0.0885. The van der Waals surface area contributed by atoms with Crippen LogP contribution in [-0.4, -0.2) is 34.0 Å². The van der Waals surface area contributed by atoms with E-state index in [-0.39, 0.29) is 17.3 Å². The van der Waals surface area contributed by atoms with Gasteiger partial charge in [-0.25, -0.2) is 13.6 Å². The van der Waals surface area contributed by atoms with Crippen LogP contribution in [0.5, 0.6) is 0 Å². The molecule has 0 aliphatic rings. The van der Waals surface area contributed by atoms with E-state index in [0.29, 0.717) is 19.5 Å². The summed E-state index contributed by atoms with van der Waals surface area (Å²) in [7, 11) is -3.64. The number of carbonyl (C=O) groups is 1. The summed E-state index contributed by atoms with van der Waals surface area (Å²) in [6, 6.07) is 6.36. The van der Waals surface area contributed by atoms with Gasteiger partial charge in [-0.2, -0.15) is 0 Å². The smallest absolute Gasteiger partial charge is 0.238 e. The minimum atomic E-state index is -3.64. The highest BCUT2D eigenvalue weighted by atomic mass is 32.2. The zero-order chi connectivity index (χ0) is 15.0. The number of carbonyl (C=O) groups excluding carboxylic acids is 1. The van der Waals surface area contributed by atoms with E-state index in [1.54, 1.807) is 18.2 Å². The molecule has 0 saturated heterocycles. The molecule has 0 heterocycles. The number of hydrogen-bond acceptors (Lipinski definition) is 4. The lowest BCUT2D eigenvalue weighted by molar-refractivity contribution is -0.120. The lowest BCUT2D eigenvalue weighted by atomic mass is 10.1. The largest absolute Gasteiger partial charge is 0.352 e. The van der Waals surface area contributed by atoms with E-state index in [4.69, 9.17) is 5.14 Å². The van der Waals surface area contributed by atoms with Crippen molar-refractivity contribution in [1.29, 1.82) is 0 Å². The standard InChI is InChI=1S/C13H19N3O3S/c1-2-8-16-13(17)10-15-9-7-11-3-5-12(6-4-11)20(14,18)19/h2-6,15H,1,7-10H2,(H,16,17)(H2,14,18,19). The van der Waals surface area contributed by atoms with E-state index in [2.05, 4.69) is 17.2 Å². The molecule has 20 heavy (non-hydrogen) atoms. The molecule has 4 N–H and O–H groups in total. The molecule has 0 bridgehead atoms. The molecule has 0 aliphatic carbocycles. The van der Waals surface area contributed by atoms with Gasteiger partial charge in [0.15, 0.2) is 0 Å². The molecule has 1 aromatic rings. The van der Waals surface area contributed by atoms with Crippen molar-refractivity contribution in [2.24, 2.45) is 5.14 Å². The molecule has 110 valence electrons. The molecule has 0 atom stereocenters. The van der Waals surface area contributed by atoms with E-state index >= 15 is 0 Å². The second-order valence-electron chi connectivity index (χ2n) is 4.21. The van der Waals surface area contributed by atoms with Gasteiger partial charge in [0.05, 0.1) is 11.4 Å². The number of benzene rings is 1. The van der Waals surface area contributed by atoms with Crippen LogP contribution in [0.1, 0.15) is 5.56 Å². The van der Waals surface area contributed by atoms with Crippen molar-refractivity contribution >= 4 is 15.9 Å². The minimum Gasteiger partial charge on any atom is -0.352 e. The van der Waals surface area contributed by atoms with E-state index in [1.165, 1.54) is 12.1 Å². The maximum Gasteiger partial charge on any atom is 0.238 e. The van der Waals surface area contributed by atoms with Gasteiger partial charge in [0.25, 0.3) is 0 Å². The van der Waals surface area contributed by atoms with Crippen molar-refractivity contribution < 1.29 is 13.2 Å². The van der Waals surface area contributed by atoms with Gasteiger partial charge in [-0.15, -0.1) is 6.58 Å². The normalized spacial score (nSPS) is 11.1. The number of primary sulfonamides is 1. The summed E-state index contributed by atoms with van der Waals surface area (Å²) in [4.78, 5) is 11.4. The Bertz CT molecular complexity index is 553. The van der Waals surface area contributed by atoms with E-state index in [1.807, 2.05) is 0 Å². The molecule has 1 rings (SSSR count). The molecule has 1 amide bonds. The molecule has 7 heteroatoms. The van der Waals surface area contributed by atoms with Gasteiger partial charge in [0.1, 0.15) is 0 Å². The topological polar surface area (TPSA) is 101 Å². The molecule has 0 saturated carbocycles. The molecule has 6 nitrogen and oxygen atoms in total. The first-order chi connectivity index (χ1) is 9.43. The van der Waals surface area contributed by atoms with Crippen LogP contribution in [0.3, 0.4) is 0 Å². The maximum atomic E-state index is 11.3. The van der Waals surface area contributed by atoms with Crippen LogP contribution in [0.25, 0.3) is 0 Å². The first-order valence-corrected chi connectivity index (χ1v) is 7.68. The Balaban J connectivity index is 2.32. The number of sulfonamides is 1. The zero-order valence-corrected chi connectivity index (χ0v) is 11.9. The first kappa shape index (κ1) is 16.4. The van der Waals surface area contributed by atoms with Gasteiger partial charge in [-0.05, 0) is 30.7 Å². The number of amides is 1. The predicted octanol–water partition coefficient (Wildman–Crippen LogP) is -0.232. The van der Waals surface area contributed by atoms with Crippen molar-refractivity contribution in [2.75, 3.05) is 19.6 Å². The van der Waals surface area contributed by atoms with Crippen LogP contribution in [0.2, 0.25) is 0 Å². The third-order valence-electron chi connectivity index (χ3n) is 2.57. The Kier molecular flexibility index (Phi) is 6.37. The number of hydrogen-bond donors (Lipinski definition) is 3. The van der Waals surface area contributed by atoms with Crippen LogP contribution in [0, 0.1) is 0 Å². The molecule has 0 spiro atoms. The number of nitrogens with two attached hydrogens (primary N) is 1. The predicted molar refractivity (Wildman–Crippen MR) is 77.6 cm³/mol. The quantitative estimate of drug-likeness (QED) is 0.455. The SMILES string of the molecule is C=CCNC(=O)CNCCc1ccc(S(N)(=O)=O)cc1. The third kappa shape index (κ3) is 5.96. The Morgan fingerprint density at radius 2 is 1.95 bits per heavy atom. The van der Waals surface area contributed by atoms with Crippen LogP contribution in [0.15, 0.2) is 41.8 Å². The van der Waals surface area contributed by atoms with Crippen LogP contribution in [-0.2, 0) is 21.2 Å². The molecule has 0 fully saturated rings. The maximum absolute atomic E-state index is 11.3. The Morgan fingerprint density at radius 1 is 1.30 bits per heavy atom. The van der Waals surface area contributed by atoms with Crippen molar-refractivity contribution in [3.05, 3.63) is 42.5 Å². The van der Waals surface area contributed by atoms with Crippen LogP contribution < -0.4 is 15.8 Å². The highest BCUT2D eigenvalue weighted by molar-refractivity contribution is 7.89. The summed E-state index contributed by atoms with van der Waals surface area (Å²) in [6.45, 7) is 4.82. The summed E-state index contributed by atoms with van der Waals surface area (Å²) >= 11 is 0. The summed E-state index contributed by atoms with van der Waals surface area (Å²) in [5.74, 6) is -0.0885. The van der Waals surface area contributed by atoms with Gasteiger partial charge in [0, 0.05) is 6.54 Å². The van der Waals surface area contributed by atoms with Gasteiger partial charge in [-0.3, -0.25) is 4.79 Å². The first-order valence-electron chi connectivity index (χ1n) is 6.13. The Hall–Kier alpha value is -1.70. The van der Waals surface area contributed by atoms with Crippen LogP contribution >= 0.6 is 0 Å². The fourth-order valence-corrected chi connectivity index (χ4v) is 2.04. The third-order valence-corrected chi connectivity index (χ3v) is 3.50. The molecule has 0 unspecified atom stereocenters. The summed E-state index contributed by atoms with van der Waals surface area (Å²) in [6.07, 6.45) is 2.31. The number of nitrogens with one attached hydrogen (secondary N) is 2. The highest BCUT2D eigenvalue weighted by Gasteiger charge is 2.06. The van der Waals surface area contributed by atoms with Gasteiger partial charge in [-0.1, -0.05) is 18.2 Å². The van der Waals surface area contributed by atoms with Gasteiger partial charge < -0.3 is 10.6 Å². The summed E-state index contributed by atoms with van der Waals surface area (Å²) < 4.78 is 22.2. The second-order valence-corrected chi connectivity index (χ2v) is 5.77.